The molecule has 1 aliphatic rings. The molecule has 1 fully saturated rings. The number of aromatic amines is 1. The van der Waals surface area contributed by atoms with E-state index in [1.165, 1.54) is 6.42 Å². The molecule has 2 N–H and O–H groups in total. The summed E-state index contributed by atoms with van der Waals surface area (Å²) in [6.07, 6.45) is 6.36. The van der Waals surface area contributed by atoms with Gasteiger partial charge in [0.1, 0.15) is 5.65 Å². The molecule has 16 heavy (non-hydrogen) atoms. The maximum absolute atomic E-state index is 10.3. The number of hydrogen-bond donors (Lipinski definition) is 2. The molecule has 0 amide bonds. The molecular formula is C12H13ClN2O. The third kappa shape index (κ3) is 1.43. The topological polar surface area (TPSA) is 48.9 Å². The zero-order valence-corrected chi connectivity index (χ0v) is 9.54. The molecule has 3 rings (SSSR count). The largest absolute Gasteiger partial charge is 0.388 e. The molecule has 2 aromatic rings. The molecule has 1 saturated carbocycles. The first-order valence-corrected chi connectivity index (χ1v) is 5.94. The maximum Gasteiger partial charge on any atom is 0.137 e. The molecule has 1 atom stereocenters. The number of nitrogens with one attached hydrogen (secondary N) is 1. The highest BCUT2D eigenvalue weighted by molar-refractivity contribution is 6.32. The Morgan fingerprint density at radius 2 is 2.31 bits per heavy atom. The van der Waals surface area contributed by atoms with Crippen LogP contribution in [-0.2, 0) is 0 Å². The average molecular weight is 237 g/mol. The van der Waals surface area contributed by atoms with Crippen molar-refractivity contribution in [2.45, 2.75) is 25.4 Å². The number of aliphatic hydroxyl groups excluding tert-OH is 1. The summed E-state index contributed by atoms with van der Waals surface area (Å²) in [6.45, 7) is 0. The van der Waals surface area contributed by atoms with Gasteiger partial charge in [0.25, 0.3) is 0 Å². The first-order chi connectivity index (χ1) is 7.77. The minimum Gasteiger partial charge on any atom is -0.388 e. The monoisotopic (exact) mass is 236 g/mol. The van der Waals surface area contributed by atoms with Crippen molar-refractivity contribution >= 4 is 22.6 Å². The highest BCUT2D eigenvalue weighted by Gasteiger charge is 2.29. The van der Waals surface area contributed by atoms with Crippen molar-refractivity contribution < 1.29 is 5.11 Å². The standard InChI is InChI=1S/C12H13ClN2O/c13-9-6-15-12-8(4-5-14-12)10(9)11(16)7-2-1-3-7/h4-7,11,16H,1-3H2,(H,14,15). The normalized spacial score (nSPS) is 18.6. The lowest BCUT2D eigenvalue weighted by molar-refractivity contribution is 0.0633. The summed E-state index contributed by atoms with van der Waals surface area (Å²) < 4.78 is 0. The van der Waals surface area contributed by atoms with Gasteiger partial charge in [-0.05, 0) is 24.8 Å². The van der Waals surface area contributed by atoms with E-state index >= 15 is 0 Å². The van der Waals surface area contributed by atoms with Gasteiger partial charge in [0.05, 0.1) is 11.1 Å². The fraction of sp³-hybridized carbons (Fsp3) is 0.417. The number of H-pyrrole nitrogens is 1. The predicted octanol–water partition coefficient (Wildman–Crippen LogP) is 3.05. The minimum atomic E-state index is -0.456. The van der Waals surface area contributed by atoms with Crippen LogP contribution in [0.4, 0.5) is 0 Å². The van der Waals surface area contributed by atoms with Gasteiger partial charge < -0.3 is 10.1 Å². The number of halogens is 1. The molecule has 0 aliphatic heterocycles. The number of hydrogen-bond acceptors (Lipinski definition) is 2. The summed E-state index contributed by atoms with van der Waals surface area (Å²) >= 11 is 6.14. The highest BCUT2D eigenvalue weighted by atomic mass is 35.5. The van der Waals surface area contributed by atoms with Gasteiger partial charge in [-0.2, -0.15) is 0 Å². The Labute approximate surface area is 98.5 Å². The van der Waals surface area contributed by atoms with Crippen LogP contribution in [0.15, 0.2) is 18.5 Å². The van der Waals surface area contributed by atoms with E-state index in [2.05, 4.69) is 9.97 Å². The van der Waals surface area contributed by atoms with Crippen molar-refractivity contribution in [1.29, 1.82) is 0 Å². The van der Waals surface area contributed by atoms with Gasteiger partial charge in [0.15, 0.2) is 0 Å². The lowest BCUT2D eigenvalue weighted by atomic mass is 9.78. The number of nitrogens with zero attached hydrogens (tertiary/aromatic N) is 1. The third-order valence-corrected chi connectivity index (χ3v) is 3.77. The molecule has 3 nitrogen and oxygen atoms in total. The summed E-state index contributed by atoms with van der Waals surface area (Å²) in [5.41, 5.74) is 1.62. The molecule has 84 valence electrons. The summed E-state index contributed by atoms with van der Waals surface area (Å²) in [6, 6.07) is 1.92. The molecule has 1 unspecified atom stereocenters. The van der Waals surface area contributed by atoms with Crippen LogP contribution in [-0.4, -0.2) is 15.1 Å². The van der Waals surface area contributed by atoms with E-state index in [0.717, 1.165) is 29.4 Å². The van der Waals surface area contributed by atoms with Crippen LogP contribution in [0.1, 0.15) is 30.9 Å². The van der Waals surface area contributed by atoms with Gasteiger partial charge >= 0.3 is 0 Å². The minimum absolute atomic E-state index is 0.359. The lowest BCUT2D eigenvalue weighted by Crippen LogP contribution is -2.20. The summed E-state index contributed by atoms with van der Waals surface area (Å²) in [5.74, 6) is 0.359. The van der Waals surface area contributed by atoms with E-state index in [-0.39, 0.29) is 0 Å². The average Bonchev–Trinajstić information content (AvgIpc) is 2.62. The van der Waals surface area contributed by atoms with Crippen molar-refractivity contribution in [3.8, 4) is 0 Å². The van der Waals surface area contributed by atoms with Gasteiger partial charge in [-0.25, -0.2) is 4.98 Å². The zero-order valence-electron chi connectivity index (χ0n) is 8.78. The van der Waals surface area contributed by atoms with Crippen molar-refractivity contribution in [2.75, 3.05) is 0 Å². The Balaban J connectivity index is 2.12. The fourth-order valence-electron chi connectivity index (χ4n) is 2.30. The molecule has 1 aliphatic carbocycles. The molecule has 0 bridgehead atoms. The molecule has 4 heteroatoms. The van der Waals surface area contributed by atoms with Crippen LogP contribution < -0.4 is 0 Å². The first-order valence-electron chi connectivity index (χ1n) is 5.57. The van der Waals surface area contributed by atoms with E-state index in [1.54, 1.807) is 6.20 Å². The van der Waals surface area contributed by atoms with Gasteiger partial charge in [0.2, 0.25) is 0 Å². The number of aromatic nitrogens is 2. The van der Waals surface area contributed by atoms with Crippen LogP contribution in [0.5, 0.6) is 0 Å². The second kappa shape index (κ2) is 3.75. The van der Waals surface area contributed by atoms with Gasteiger partial charge in [-0.15, -0.1) is 0 Å². The molecule has 0 radical (unpaired) electrons. The lowest BCUT2D eigenvalue weighted by Gasteiger charge is -2.31. The van der Waals surface area contributed by atoms with E-state index in [4.69, 9.17) is 11.6 Å². The van der Waals surface area contributed by atoms with Crippen molar-refractivity contribution in [2.24, 2.45) is 5.92 Å². The molecule has 0 aromatic carbocycles. The Kier molecular flexibility index (Phi) is 2.37. The SMILES string of the molecule is OC(c1c(Cl)cnc2[nH]ccc12)C1CCC1. The van der Waals surface area contributed by atoms with Crippen LogP contribution in [0, 0.1) is 5.92 Å². The van der Waals surface area contributed by atoms with Crippen molar-refractivity contribution in [1.82, 2.24) is 9.97 Å². The first kappa shape index (κ1) is 10.1. The summed E-state index contributed by atoms with van der Waals surface area (Å²) in [5, 5.41) is 11.8. The molecule has 0 spiro atoms. The quantitative estimate of drug-likeness (QED) is 0.842. The summed E-state index contributed by atoms with van der Waals surface area (Å²) in [7, 11) is 0. The summed E-state index contributed by atoms with van der Waals surface area (Å²) in [4.78, 5) is 7.22. The second-order valence-corrected chi connectivity index (χ2v) is 4.80. The van der Waals surface area contributed by atoms with E-state index in [1.807, 2.05) is 12.3 Å². The molecule has 2 heterocycles. The van der Waals surface area contributed by atoms with Gasteiger partial charge in [0, 0.05) is 23.3 Å². The van der Waals surface area contributed by atoms with Crippen molar-refractivity contribution in [3.63, 3.8) is 0 Å². The van der Waals surface area contributed by atoms with Crippen LogP contribution in [0.25, 0.3) is 11.0 Å². The van der Waals surface area contributed by atoms with Gasteiger partial charge in [-0.3, -0.25) is 0 Å². The molecular weight excluding hydrogens is 224 g/mol. The zero-order chi connectivity index (χ0) is 11.1. The van der Waals surface area contributed by atoms with Crippen LogP contribution in [0.3, 0.4) is 0 Å². The number of rotatable bonds is 2. The van der Waals surface area contributed by atoms with E-state index < -0.39 is 6.10 Å². The van der Waals surface area contributed by atoms with E-state index in [0.29, 0.717) is 10.9 Å². The number of fused-ring (bicyclic) bond motifs is 1. The Morgan fingerprint density at radius 3 is 3.00 bits per heavy atom. The maximum atomic E-state index is 10.3. The molecule has 0 saturated heterocycles. The van der Waals surface area contributed by atoms with Gasteiger partial charge in [-0.1, -0.05) is 18.0 Å². The Hall–Kier alpha value is -1.06. The van der Waals surface area contributed by atoms with Crippen molar-refractivity contribution in [3.05, 3.63) is 29.0 Å². The predicted molar refractivity (Wildman–Crippen MR) is 63.4 cm³/mol. The Bertz CT molecular complexity index is 519. The van der Waals surface area contributed by atoms with Crippen LogP contribution in [0.2, 0.25) is 5.02 Å². The highest BCUT2D eigenvalue weighted by Crippen LogP contribution is 2.41. The number of aliphatic hydroxyl groups is 1. The Morgan fingerprint density at radius 1 is 1.50 bits per heavy atom. The second-order valence-electron chi connectivity index (χ2n) is 4.40. The molecule has 2 aromatic heterocycles. The smallest absolute Gasteiger partial charge is 0.137 e. The number of pyridine rings is 1. The van der Waals surface area contributed by atoms with Crippen LogP contribution >= 0.6 is 11.6 Å². The third-order valence-electron chi connectivity index (χ3n) is 3.47. The van der Waals surface area contributed by atoms with E-state index in [9.17, 15) is 5.11 Å². The fourth-order valence-corrected chi connectivity index (χ4v) is 2.56.